The summed E-state index contributed by atoms with van der Waals surface area (Å²) in [6, 6.07) is 4.02. The fourth-order valence-electron chi connectivity index (χ4n) is 1.70. The maximum Gasteiger partial charge on any atom is 0.175 e. The van der Waals surface area contributed by atoms with E-state index in [1.54, 1.807) is 0 Å². The molecule has 0 atom stereocenters. The summed E-state index contributed by atoms with van der Waals surface area (Å²) >= 11 is 3.47. The SMILES string of the molecule is O=CCCCc1cc(Br)c2c(c1)OCCO2. The van der Waals surface area contributed by atoms with Gasteiger partial charge in [0.25, 0.3) is 0 Å². The van der Waals surface area contributed by atoms with Crippen molar-refractivity contribution in [3.63, 3.8) is 0 Å². The van der Waals surface area contributed by atoms with Gasteiger partial charge < -0.3 is 14.3 Å². The number of rotatable bonds is 4. The van der Waals surface area contributed by atoms with Crippen LogP contribution in [0.5, 0.6) is 11.5 Å². The molecule has 1 heterocycles. The Hall–Kier alpha value is -1.03. The van der Waals surface area contributed by atoms with Crippen molar-refractivity contribution in [1.29, 1.82) is 0 Å². The lowest BCUT2D eigenvalue weighted by Gasteiger charge is -2.20. The minimum Gasteiger partial charge on any atom is -0.486 e. The molecular formula is C12H13BrO3. The van der Waals surface area contributed by atoms with Gasteiger partial charge in [0.1, 0.15) is 19.5 Å². The Morgan fingerprint density at radius 3 is 2.94 bits per heavy atom. The van der Waals surface area contributed by atoms with Crippen molar-refractivity contribution in [3.05, 3.63) is 22.2 Å². The number of carbonyl (C=O) groups is 1. The van der Waals surface area contributed by atoms with Gasteiger partial charge in [-0.2, -0.15) is 0 Å². The topological polar surface area (TPSA) is 35.5 Å². The molecule has 1 aromatic carbocycles. The number of halogens is 1. The number of aryl methyl sites for hydroxylation is 1. The smallest absolute Gasteiger partial charge is 0.175 e. The van der Waals surface area contributed by atoms with Crippen LogP contribution in [0.2, 0.25) is 0 Å². The lowest BCUT2D eigenvalue weighted by molar-refractivity contribution is -0.107. The second-order valence-corrected chi connectivity index (χ2v) is 4.52. The maximum absolute atomic E-state index is 10.2. The highest BCUT2D eigenvalue weighted by atomic mass is 79.9. The van der Waals surface area contributed by atoms with Crippen molar-refractivity contribution in [3.8, 4) is 11.5 Å². The first kappa shape index (κ1) is 11.5. The second kappa shape index (κ2) is 5.34. The largest absolute Gasteiger partial charge is 0.486 e. The van der Waals surface area contributed by atoms with E-state index in [1.807, 2.05) is 12.1 Å². The molecule has 0 saturated heterocycles. The molecule has 3 nitrogen and oxygen atoms in total. The van der Waals surface area contributed by atoms with E-state index in [0.29, 0.717) is 19.6 Å². The van der Waals surface area contributed by atoms with E-state index in [-0.39, 0.29) is 0 Å². The number of ether oxygens (including phenoxy) is 2. The molecule has 0 spiro atoms. The first-order valence-electron chi connectivity index (χ1n) is 5.33. The average Bonchev–Trinajstić information content (AvgIpc) is 2.30. The van der Waals surface area contributed by atoms with Gasteiger partial charge in [-0.1, -0.05) is 0 Å². The Morgan fingerprint density at radius 2 is 2.12 bits per heavy atom. The number of fused-ring (bicyclic) bond motifs is 1. The summed E-state index contributed by atoms with van der Waals surface area (Å²) in [6.07, 6.45) is 3.31. The van der Waals surface area contributed by atoms with E-state index in [9.17, 15) is 4.79 Å². The molecule has 1 aliphatic rings. The summed E-state index contributed by atoms with van der Waals surface area (Å²) in [5, 5.41) is 0. The van der Waals surface area contributed by atoms with Crippen LogP contribution in [0.15, 0.2) is 16.6 Å². The number of carbonyl (C=O) groups excluding carboxylic acids is 1. The molecule has 16 heavy (non-hydrogen) atoms. The van der Waals surface area contributed by atoms with Gasteiger partial charge in [0.05, 0.1) is 4.47 Å². The molecule has 0 N–H and O–H groups in total. The van der Waals surface area contributed by atoms with Crippen LogP contribution in [-0.2, 0) is 11.2 Å². The van der Waals surface area contributed by atoms with Gasteiger partial charge in [-0.3, -0.25) is 0 Å². The number of benzene rings is 1. The van der Waals surface area contributed by atoms with Crippen LogP contribution < -0.4 is 9.47 Å². The molecule has 1 aromatic rings. The molecule has 0 saturated carbocycles. The zero-order chi connectivity index (χ0) is 11.4. The first-order valence-corrected chi connectivity index (χ1v) is 6.12. The number of hydrogen-bond acceptors (Lipinski definition) is 3. The maximum atomic E-state index is 10.2. The standard InChI is InChI=1S/C12H13BrO3/c13-10-7-9(3-1-2-4-14)8-11-12(10)16-6-5-15-11/h4,7-8H,1-3,5-6H2. The third kappa shape index (κ3) is 2.55. The molecule has 86 valence electrons. The van der Waals surface area contributed by atoms with Gasteiger partial charge in [-0.25, -0.2) is 0 Å². The fourth-order valence-corrected chi connectivity index (χ4v) is 2.30. The van der Waals surface area contributed by atoms with Crippen LogP contribution in [0, 0.1) is 0 Å². The van der Waals surface area contributed by atoms with E-state index >= 15 is 0 Å². The minimum absolute atomic E-state index is 0.593. The van der Waals surface area contributed by atoms with Crippen LogP contribution >= 0.6 is 15.9 Å². The Labute approximate surface area is 103 Å². The summed E-state index contributed by atoms with van der Waals surface area (Å²) in [7, 11) is 0. The number of unbranched alkanes of at least 4 members (excludes halogenated alkanes) is 1. The highest BCUT2D eigenvalue weighted by Crippen LogP contribution is 2.38. The summed E-state index contributed by atoms with van der Waals surface area (Å²) in [6.45, 7) is 1.19. The fraction of sp³-hybridized carbons (Fsp3) is 0.417. The monoisotopic (exact) mass is 284 g/mol. The van der Waals surface area contributed by atoms with Crippen molar-refractivity contribution in [1.82, 2.24) is 0 Å². The molecule has 0 fully saturated rings. The zero-order valence-electron chi connectivity index (χ0n) is 8.87. The highest BCUT2D eigenvalue weighted by Gasteiger charge is 2.15. The Morgan fingerprint density at radius 1 is 1.31 bits per heavy atom. The molecule has 0 amide bonds. The van der Waals surface area contributed by atoms with Crippen molar-refractivity contribution in [2.45, 2.75) is 19.3 Å². The van der Waals surface area contributed by atoms with E-state index in [2.05, 4.69) is 15.9 Å². The van der Waals surface area contributed by atoms with Crippen molar-refractivity contribution in [2.75, 3.05) is 13.2 Å². The quantitative estimate of drug-likeness (QED) is 0.630. The number of hydrogen-bond donors (Lipinski definition) is 0. The summed E-state index contributed by atoms with van der Waals surface area (Å²) in [4.78, 5) is 10.2. The third-order valence-electron chi connectivity index (χ3n) is 2.44. The first-order chi connectivity index (χ1) is 7.81. The molecule has 0 unspecified atom stereocenters. The van der Waals surface area contributed by atoms with E-state index in [0.717, 1.165) is 40.7 Å². The number of aldehydes is 1. The van der Waals surface area contributed by atoms with E-state index < -0.39 is 0 Å². The molecule has 4 heteroatoms. The van der Waals surface area contributed by atoms with Crippen LogP contribution in [0.25, 0.3) is 0 Å². The zero-order valence-corrected chi connectivity index (χ0v) is 10.5. The van der Waals surface area contributed by atoms with Crippen molar-refractivity contribution in [2.24, 2.45) is 0 Å². The molecular weight excluding hydrogens is 272 g/mol. The predicted octanol–water partition coefficient (Wildman–Crippen LogP) is 2.74. The third-order valence-corrected chi connectivity index (χ3v) is 3.03. The Kier molecular flexibility index (Phi) is 3.83. The van der Waals surface area contributed by atoms with Gasteiger partial charge in [-0.15, -0.1) is 0 Å². The van der Waals surface area contributed by atoms with Crippen LogP contribution in [0.1, 0.15) is 18.4 Å². The second-order valence-electron chi connectivity index (χ2n) is 3.66. The molecule has 0 aromatic heterocycles. The molecule has 0 aliphatic carbocycles. The van der Waals surface area contributed by atoms with Crippen molar-refractivity contribution >= 4 is 22.2 Å². The molecule has 1 aliphatic heterocycles. The van der Waals surface area contributed by atoms with Crippen LogP contribution in [-0.4, -0.2) is 19.5 Å². The molecule has 0 bridgehead atoms. The molecule has 2 rings (SSSR count). The van der Waals surface area contributed by atoms with Crippen molar-refractivity contribution < 1.29 is 14.3 Å². The average molecular weight is 285 g/mol. The summed E-state index contributed by atoms with van der Waals surface area (Å²) in [5.74, 6) is 1.58. The van der Waals surface area contributed by atoms with Crippen LogP contribution in [0.4, 0.5) is 0 Å². The lowest BCUT2D eigenvalue weighted by Crippen LogP contribution is -2.15. The van der Waals surface area contributed by atoms with Gasteiger partial charge in [0, 0.05) is 6.42 Å². The van der Waals surface area contributed by atoms with Gasteiger partial charge in [0.2, 0.25) is 0 Å². The lowest BCUT2D eigenvalue weighted by atomic mass is 10.1. The van der Waals surface area contributed by atoms with E-state index in [1.165, 1.54) is 0 Å². The van der Waals surface area contributed by atoms with Gasteiger partial charge in [0.15, 0.2) is 11.5 Å². The highest BCUT2D eigenvalue weighted by molar-refractivity contribution is 9.10. The van der Waals surface area contributed by atoms with Crippen LogP contribution in [0.3, 0.4) is 0 Å². The van der Waals surface area contributed by atoms with E-state index in [4.69, 9.17) is 9.47 Å². The normalized spacial score (nSPS) is 13.6. The molecule has 0 radical (unpaired) electrons. The predicted molar refractivity (Wildman–Crippen MR) is 64.1 cm³/mol. The van der Waals surface area contributed by atoms with Gasteiger partial charge in [-0.05, 0) is 46.5 Å². The van der Waals surface area contributed by atoms with Gasteiger partial charge >= 0.3 is 0 Å². The Bertz CT molecular complexity index is 390. The Balaban J connectivity index is 2.15. The summed E-state index contributed by atoms with van der Waals surface area (Å²) in [5.41, 5.74) is 1.16. The summed E-state index contributed by atoms with van der Waals surface area (Å²) < 4.78 is 12.0. The minimum atomic E-state index is 0.593.